The van der Waals surface area contributed by atoms with Gasteiger partial charge in [0.1, 0.15) is 6.04 Å². The van der Waals surface area contributed by atoms with Crippen LogP contribution in [0.25, 0.3) is 0 Å². The van der Waals surface area contributed by atoms with Crippen molar-refractivity contribution in [2.45, 2.75) is 25.3 Å². The largest absolute Gasteiger partial charge is 0.480 e. The van der Waals surface area contributed by atoms with Gasteiger partial charge in [0.05, 0.1) is 5.56 Å². The maximum atomic E-state index is 12.5. The van der Waals surface area contributed by atoms with Crippen molar-refractivity contribution >= 4 is 39.4 Å². The maximum absolute atomic E-state index is 12.5. The van der Waals surface area contributed by atoms with Gasteiger partial charge in [0, 0.05) is 16.0 Å². The molecule has 1 aromatic carbocycles. The molecule has 1 amide bonds. The van der Waals surface area contributed by atoms with Gasteiger partial charge in [0.25, 0.3) is 5.91 Å². The Hall–Kier alpha value is -1.07. The number of benzene rings is 1. The van der Waals surface area contributed by atoms with E-state index < -0.39 is 12.0 Å². The molecule has 102 valence electrons. The third-order valence-electron chi connectivity index (χ3n) is 3.21. The van der Waals surface area contributed by atoms with Crippen molar-refractivity contribution in [3.63, 3.8) is 0 Å². The van der Waals surface area contributed by atoms with Crippen molar-refractivity contribution in [3.8, 4) is 0 Å². The van der Waals surface area contributed by atoms with Crippen LogP contribution in [0.4, 0.5) is 0 Å². The molecule has 1 aliphatic rings. The van der Waals surface area contributed by atoms with E-state index in [-0.39, 0.29) is 5.91 Å². The first-order valence-electron chi connectivity index (χ1n) is 5.99. The predicted molar refractivity (Wildman–Crippen MR) is 75.5 cm³/mol. The van der Waals surface area contributed by atoms with Crippen LogP contribution in [0.2, 0.25) is 5.02 Å². The zero-order valence-corrected chi connectivity index (χ0v) is 12.4. The fourth-order valence-corrected chi connectivity index (χ4v) is 2.84. The number of likely N-dealkylation sites (tertiary alicyclic amines) is 1. The molecule has 0 spiro atoms. The number of nitrogens with zero attached hydrogens (tertiary/aromatic N) is 1. The Balaban J connectivity index is 2.31. The van der Waals surface area contributed by atoms with Crippen LogP contribution in [0.1, 0.15) is 29.6 Å². The van der Waals surface area contributed by atoms with E-state index in [0.29, 0.717) is 28.0 Å². The van der Waals surface area contributed by atoms with E-state index in [0.717, 1.165) is 12.8 Å². The van der Waals surface area contributed by atoms with Gasteiger partial charge in [0.15, 0.2) is 0 Å². The summed E-state index contributed by atoms with van der Waals surface area (Å²) in [6, 6.07) is 4.18. The molecule has 4 nitrogen and oxygen atoms in total. The molecule has 0 radical (unpaired) electrons. The van der Waals surface area contributed by atoms with Gasteiger partial charge in [-0.15, -0.1) is 0 Å². The van der Waals surface area contributed by atoms with E-state index in [4.69, 9.17) is 11.6 Å². The number of halogens is 2. The molecule has 6 heteroatoms. The molecule has 1 saturated heterocycles. The minimum Gasteiger partial charge on any atom is -0.480 e. The molecule has 0 saturated carbocycles. The molecule has 1 fully saturated rings. The topological polar surface area (TPSA) is 57.6 Å². The van der Waals surface area contributed by atoms with Crippen molar-refractivity contribution in [2.24, 2.45) is 0 Å². The Labute approximate surface area is 124 Å². The monoisotopic (exact) mass is 345 g/mol. The first-order valence-corrected chi connectivity index (χ1v) is 7.16. The summed E-state index contributed by atoms with van der Waals surface area (Å²) in [6.07, 6.45) is 2.16. The average Bonchev–Trinajstić information content (AvgIpc) is 2.40. The molecule has 1 heterocycles. The molecule has 19 heavy (non-hydrogen) atoms. The van der Waals surface area contributed by atoms with Gasteiger partial charge in [-0.05, 0) is 53.4 Å². The van der Waals surface area contributed by atoms with Crippen molar-refractivity contribution in [1.29, 1.82) is 0 Å². The normalized spacial score (nSPS) is 19.3. The molecule has 1 aliphatic heterocycles. The van der Waals surface area contributed by atoms with Crippen LogP contribution < -0.4 is 0 Å². The number of piperidine rings is 1. The molecular weight excluding hydrogens is 334 g/mol. The minimum atomic E-state index is -0.953. The number of carboxylic acid groups (broad SMARTS) is 1. The summed E-state index contributed by atoms with van der Waals surface area (Å²) < 4.78 is 0.622. The highest BCUT2D eigenvalue weighted by Gasteiger charge is 2.33. The fraction of sp³-hybridized carbons (Fsp3) is 0.385. The second-order valence-electron chi connectivity index (χ2n) is 4.47. The number of rotatable bonds is 2. The first kappa shape index (κ1) is 14.3. The van der Waals surface area contributed by atoms with Gasteiger partial charge >= 0.3 is 5.97 Å². The summed E-state index contributed by atoms with van der Waals surface area (Å²) in [6.45, 7) is 0.467. The number of carboxylic acids is 1. The average molecular weight is 347 g/mol. The second-order valence-corrected chi connectivity index (χ2v) is 5.76. The summed E-state index contributed by atoms with van der Waals surface area (Å²) in [4.78, 5) is 25.1. The summed E-state index contributed by atoms with van der Waals surface area (Å²) in [5, 5.41) is 9.65. The van der Waals surface area contributed by atoms with Crippen molar-refractivity contribution in [2.75, 3.05) is 6.54 Å². The van der Waals surface area contributed by atoms with E-state index in [1.165, 1.54) is 4.90 Å². The van der Waals surface area contributed by atoms with Gasteiger partial charge in [-0.25, -0.2) is 4.79 Å². The number of amides is 1. The van der Waals surface area contributed by atoms with E-state index in [2.05, 4.69) is 15.9 Å². The van der Waals surface area contributed by atoms with Crippen molar-refractivity contribution in [3.05, 3.63) is 33.3 Å². The molecular formula is C13H13BrClNO3. The lowest BCUT2D eigenvalue weighted by Crippen LogP contribution is -2.48. The predicted octanol–water partition coefficient (Wildman–Crippen LogP) is 3.18. The van der Waals surface area contributed by atoms with Gasteiger partial charge in [-0.3, -0.25) is 4.79 Å². The summed E-state index contributed by atoms with van der Waals surface area (Å²) in [5.74, 6) is -1.24. The Kier molecular flexibility index (Phi) is 4.47. The third-order valence-corrected chi connectivity index (χ3v) is 4.13. The Bertz CT molecular complexity index is 521. The molecule has 2 rings (SSSR count). The lowest BCUT2D eigenvalue weighted by Gasteiger charge is -2.33. The zero-order chi connectivity index (χ0) is 14.0. The molecule has 0 aromatic heterocycles. The van der Waals surface area contributed by atoms with E-state index in [9.17, 15) is 14.7 Å². The van der Waals surface area contributed by atoms with Crippen LogP contribution >= 0.6 is 27.5 Å². The lowest BCUT2D eigenvalue weighted by atomic mass is 10.0. The number of hydrogen-bond donors (Lipinski definition) is 1. The van der Waals surface area contributed by atoms with E-state index in [1.807, 2.05) is 0 Å². The molecule has 1 unspecified atom stereocenters. The Morgan fingerprint density at radius 3 is 2.79 bits per heavy atom. The molecule has 0 bridgehead atoms. The van der Waals surface area contributed by atoms with Crippen LogP contribution in [-0.2, 0) is 4.79 Å². The second kappa shape index (κ2) is 5.92. The maximum Gasteiger partial charge on any atom is 0.326 e. The van der Waals surface area contributed by atoms with Crippen LogP contribution in [-0.4, -0.2) is 34.5 Å². The molecule has 1 atom stereocenters. The van der Waals surface area contributed by atoms with Gasteiger partial charge in [0.2, 0.25) is 0 Å². The van der Waals surface area contributed by atoms with Gasteiger partial charge < -0.3 is 10.0 Å². The molecule has 1 N–H and O–H groups in total. The molecule has 0 aliphatic carbocycles. The quantitative estimate of drug-likeness (QED) is 0.895. The van der Waals surface area contributed by atoms with Crippen molar-refractivity contribution < 1.29 is 14.7 Å². The molecule has 1 aromatic rings. The van der Waals surface area contributed by atoms with E-state index in [1.54, 1.807) is 18.2 Å². The van der Waals surface area contributed by atoms with Crippen molar-refractivity contribution in [1.82, 2.24) is 4.90 Å². The standard InChI is InChI=1S/C13H13BrClNO3/c14-10-5-4-8(15)7-9(10)12(17)16-6-2-1-3-11(16)13(18)19/h4-5,7,11H,1-3,6H2,(H,18,19). The number of hydrogen-bond acceptors (Lipinski definition) is 2. The Morgan fingerprint density at radius 2 is 2.11 bits per heavy atom. The number of aliphatic carboxylic acids is 1. The highest BCUT2D eigenvalue weighted by Crippen LogP contribution is 2.26. The van der Waals surface area contributed by atoms with Gasteiger partial charge in [-0.2, -0.15) is 0 Å². The number of carbonyl (C=O) groups excluding carboxylic acids is 1. The minimum absolute atomic E-state index is 0.290. The smallest absolute Gasteiger partial charge is 0.326 e. The number of carbonyl (C=O) groups is 2. The van der Waals surface area contributed by atoms with Crippen LogP contribution in [0, 0.1) is 0 Å². The highest BCUT2D eigenvalue weighted by atomic mass is 79.9. The highest BCUT2D eigenvalue weighted by molar-refractivity contribution is 9.10. The van der Waals surface area contributed by atoms with Gasteiger partial charge in [-0.1, -0.05) is 11.6 Å². The SMILES string of the molecule is O=C(O)C1CCCCN1C(=O)c1cc(Cl)ccc1Br. The lowest BCUT2D eigenvalue weighted by molar-refractivity contribution is -0.143. The zero-order valence-electron chi connectivity index (χ0n) is 10.1. The third kappa shape index (κ3) is 3.09. The summed E-state index contributed by atoms with van der Waals surface area (Å²) in [7, 11) is 0. The summed E-state index contributed by atoms with van der Waals surface area (Å²) in [5.41, 5.74) is 0.403. The van der Waals surface area contributed by atoms with Crippen LogP contribution in [0.5, 0.6) is 0 Å². The summed E-state index contributed by atoms with van der Waals surface area (Å²) >= 11 is 9.19. The Morgan fingerprint density at radius 1 is 1.37 bits per heavy atom. The first-order chi connectivity index (χ1) is 9.00. The van der Waals surface area contributed by atoms with E-state index >= 15 is 0 Å². The van der Waals surface area contributed by atoms with Crippen LogP contribution in [0.3, 0.4) is 0 Å². The fourth-order valence-electron chi connectivity index (χ4n) is 2.25. The van der Waals surface area contributed by atoms with Crippen LogP contribution in [0.15, 0.2) is 22.7 Å².